The third kappa shape index (κ3) is 0.944. The maximum Gasteiger partial charge on any atom is 0.234 e. The van der Waals surface area contributed by atoms with Crippen LogP contribution >= 0.6 is 0 Å². The highest BCUT2D eigenvalue weighted by molar-refractivity contribution is 5.79. The van der Waals surface area contributed by atoms with E-state index in [9.17, 15) is 4.79 Å². The van der Waals surface area contributed by atoms with Crippen molar-refractivity contribution in [2.24, 2.45) is 0 Å². The number of aryl methyl sites for hydroxylation is 1. The van der Waals surface area contributed by atoms with Gasteiger partial charge in [-0.3, -0.25) is 10.1 Å². The summed E-state index contributed by atoms with van der Waals surface area (Å²) < 4.78 is 5.38. The minimum atomic E-state index is -0.0593. The number of hydrogen-bond acceptors (Lipinski definition) is 3. The van der Waals surface area contributed by atoms with Crippen LogP contribution in [-0.2, 0) is 16.8 Å². The number of furan rings is 1. The Kier molecular flexibility index (Phi) is 1.50. The number of carbonyl (C=O) groups excluding carboxylic acids is 1. The zero-order valence-electron chi connectivity index (χ0n) is 7.80. The highest BCUT2D eigenvalue weighted by Gasteiger charge is 2.42. The molecule has 1 aliphatic heterocycles. The summed E-state index contributed by atoms with van der Waals surface area (Å²) in [5.41, 5.74) is 1.16. The van der Waals surface area contributed by atoms with Crippen molar-refractivity contribution in [1.82, 2.24) is 10.6 Å². The van der Waals surface area contributed by atoms with Crippen LogP contribution in [0.25, 0.3) is 0 Å². The van der Waals surface area contributed by atoms with Gasteiger partial charge in [0.05, 0.1) is 18.3 Å². The molecular weight excluding hydrogens is 180 g/mol. The SMILES string of the molecule is O=C1CNC2(CCc3occc32)CN1. The maximum atomic E-state index is 11.1. The van der Waals surface area contributed by atoms with Gasteiger partial charge in [-0.05, 0) is 12.5 Å². The molecule has 1 aromatic heterocycles. The summed E-state index contributed by atoms with van der Waals surface area (Å²) in [5, 5.41) is 6.22. The second-order valence-corrected chi connectivity index (χ2v) is 3.97. The van der Waals surface area contributed by atoms with E-state index in [0.29, 0.717) is 13.1 Å². The molecule has 14 heavy (non-hydrogen) atoms. The lowest BCUT2D eigenvalue weighted by Gasteiger charge is -2.34. The number of carbonyl (C=O) groups is 1. The van der Waals surface area contributed by atoms with Crippen LogP contribution in [-0.4, -0.2) is 19.0 Å². The molecule has 4 heteroatoms. The molecule has 0 saturated carbocycles. The fourth-order valence-electron chi connectivity index (χ4n) is 2.41. The van der Waals surface area contributed by atoms with Crippen LogP contribution in [0.1, 0.15) is 17.7 Å². The molecule has 1 atom stereocenters. The van der Waals surface area contributed by atoms with Crippen molar-refractivity contribution >= 4 is 5.91 Å². The Morgan fingerprint density at radius 1 is 1.50 bits per heavy atom. The predicted octanol–water partition coefficient (Wildman–Crippen LogP) is 0.141. The molecule has 2 heterocycles. The predicted molar refractivity (Wildman–Crippen MR) is 49.7 cm³/mol. The first kappa shape index (κ1) is 8.05. The Morgan fingerprint density at radius 2 is 2.43 bits per heavy atom. The van der Waals surface area contributed by atoms with Gasteiger partial charge in [-0.1, -0.05) is 0 Å². The lowest BCUT2D eigenvalue weighted by Crippen LogP contribution is -2.58. The number of piperazine rings is 1. The van der Waals surface area contributed by atoms with Gasteiger partial charge in [-0.2, -0.15) is 0 Å². The van der Waals surface area contributed by atoms with Crippen molar-refractivity contribution in [3.05, 3.63) is 23.7 Å². The monoisotopic (exact) mass is 192 g/mol. The van der Waals surface area contributed by atoms with E-state index < -0.39 is 0 Å². The molecule has 1 saturated heterocycles. The normalized spacial score (nSPS) is 30.4. The molecule has 1 fully saturated rings. The first-order valence-electron chi connectivity index (χ1n) is 4.89. The molecule has 4 nitrogen and oxygen atoms in total. The number of amides is 1. The third-order valence-electron chi connectivity index (χ3n) is 3.21. The van der Waals surface area contributed by atoms with Crippen molar-refractivity contribution in [2.45, 2.75) is 18.4 Å². The summed E-state index contributed by atoms with van der Waals surface area (Å²) in [7, 11) is 0. The van der Waals surface area contributed by atoms with E-state index in [1.54, 1.807) is 6.26 Å². The van der Waals surface area contributed by atoms with Crippen LogP contribution in [0.2, 0.25) is 0 Å². The molecule has 0 aromatic carbocycles. The Morgan fingerprint density at radius 3 is 3.21 bits per heavy atom. The number of rotatable bonds is 0. The highest BCUT2D eigenvalue weighted by Crippen LogP contribution is 2.37. The van der Waals surface area contributed by atoms with Gasteiger partial charge in [0.1, 0.15) is 5.76 Å². The van der Waals surface area contributed by atoms with Gasteiger partial charge in [0, 0.05) is 18.5 Å². The molecule has 1 amide bonds. The molecule has 2 aliphatic rings. The Labute approximate surface area is 81.7 Å². The molecule has 74 valence electrons. The van der Waals surface area contributed by atoms with E-state index in [1.807, 2.05) is 6.07 Å². The van der Waals surface area contributed by atoms with Crippen LogP contribution in [0.4, 0.5) is 0 Å². The molecule has 1 aromatic rings. The standard InChI is InChI=1S/C10H12N2O2/c13-9-5-12-10(6-11-9)3-1-8-7(10)2-4-14-8/h2,4,12H,1,3,5-6H2,(H,11,13). The van der Waals surface area contributed by atoms with Crippen molar-refractivity contribution in [3.8, 4) is 0 Å². The first-order chi connectivity index (χ1) is 6.80. The van der Waals surface area contributed by atoms with Crippen LogP contribution < -0.4 is 10.6 Å². The lowest BCUT2D eigenvalue weighted by molar-refractivity contribution is -0.122. The lowest BCUT2D eigenvalue weighted by atomic mass is 9.91. The van der Waals surface area contributed by atoms with Gasteiger partial charge < -0.3 is 9.73 Å². The van der Waals surface area contributed by atoms with Crippen LogP contribution in [0.15, 0.2) is 16.7 Å². The van der Waals surface area contributed by atoms with E-state index in [-0.39, 0.29) is 11.4 Å². The molecular formula is C10H12N2O2. The Balaban J connectivity index is 1.96. The first-order valence-corrected chi connectivity index (χ1v) is 4.89. The van der Waals surface area contributed by atoms with Gasteiger partial charge in [0.25, 0.3) is 0 Å². The van der Waals surface area contributed by atoms with Gasteiger partial charge in [0.15, 0.2) is 0 Å². The summed E-state index contributed by atoms with van der Waals surface area (Å²) in [5.74, 6) is 1.14. The minimum absolute atomic E-state index is 0.0593. The van der Waals surface area contributed by atoms with Crippen LogP contribution in [0.3, 0.4) is 0 Å². The van der Waals surface area contributed by atoms with E-state index in [1.165, 1.54) is 5.56 Å². The quantitative estimate of drug-likeness (QED) is 0.614. The molecule has 1 aliphatic carbocycles. The molecule has 3 rings (SSSR count). The minimum Gasteiger partial charge on any atom is -0.469 e. The van der Waals surface area contributed by atoms with Gasteiger partial charge in [-0.15, -0.1) is 0 Å². The van der Waals surface area contributed by atoms with Crippen LogP contribution in [0, 0.1) is 0 Å². The Bertz CT molecular complexity index is 373. The van der Waals surface area contributed by atoms with Gasteiger partial charge in [0.2, 0.25) is 5.91 Å². The number of fused-ring (bicyclic) bond motifs is 2. The second kappa shape index (κ2) is 2.60. The number of hydrogen-bond donors (Lipinski definition) is 2. The molecule has 0 bridgehead atoms. The van der Waals surface area contributed by atoms with Crippen molar-refractivity contribution in [2.75, 3.05) is 13.1 Å². The molecule has 2 N–H and O–H groups in total. The molecule has 1 spiro atoms. The topological polar surface area (TPSA) is 54.3 Å². The van der Waals surface area contributed by atoms with Crippen molar-refractivity contribution in [1.29, 1.82) is 0 Å². The van der Waals surface area contributed by atoms with Gasteiger partial charge in [-0.25, -0.2) is 0 Å². The van der Waals surface area contributed by atoms with E-state index in [0.717, 1.165) is 18.6 Å². The largest absolute Gasteiger partial charge is 0.469 e. The van der Waals surface area contributed by atoms with E-state index in [4.69, 9.17) is 4.42 Å². The summed E-state index contributed by atoms with van der Waals surface area (Å²) in [6, 6.07) is 2.01. The van der Waals surface area contributed by atoms with Gasteiger partial charge >= 0.3 is 0 Å². The summed E-state index contributed by atoms with van der Waals surface area (Å²) in [6.07, 6.45) is 3.71. The molecule has 0 radical (unpaired) electrons. The van der Waals surface area contributed by atoms with E-state index in [2.05, 4.69) is 10.6 Å². The third-order valence-corrected chi connectivity index (χ3v) is 3.21. The number of nitrogens with one attached hydrogen (secondary N) is 2. The Hall–Kier alpha value is -1.29. The fourth-order valence-corrected chi connectivity index (χ4v) is 2.41. The highest BCUT2D eigenvalue weighted by atomic mass is 16.3. The average Bonchev–Trinajstić information content (AvgIpc) is 2.75. The van der Waals surface area contributed by atoms with E-state index >= 15 is 0 Å². The maximum absolute atomic E-state index is 11.1. The average molecular weight is 192 g/mol. The second-order valence-electron chi connectivity index (χ2n) is 3.97. The zero-order chi connectivity index (χ0) is 9.60. The van der Waals surface area contributed by atoms with Crippen molar-refractivity contribution < 1.29 is 9.21 Å². The zero-order valence-corrected chi connectivity index (χ0v) is 7.80. The summed E-state index contributed by atoms with van der Waals surface area (Å²) in [6.45, 7) is 1.09. The summed E-state index contributed by atoms with van der Waals surface area (Å²) in [4.78, 5) is 11.1. The fraction of sp³-hybridized carbons (Fsp3) is 0.500. The smallest absolute Gasteiger partial charge is 0.234 e. The van der Waals surface area contributed by atoms with Crippen molar-refractivity contribution in [3.63, 3.8) is 0 Å². The summed E-state index contributed by atoms with van der Waals surface area (Å²) >= 11 is 0. The van der Waals surface area contributed by atoms with Crippen LogP contribution in [0.5, 0.6) is 0 Å². The molecule has 1 unspecified atom stereocenters.